The van der Waals surface area contributed by atoms with Gasteiger partial charge in [-0.3, -0.25) is 14.6 Å². The molecule has 1 fully saturated rings. The second kappa shape index (κ2) is 10.6. The third-order valence-corrected chi connectivity index (χ3v) is 6.30. The van der Waals surface area contributed by atoms with Gasteiger partial charge in [-0.05, 0) is 47.0 Å². The standard InChI is InChI=1S/C25H29N3O2S/c1-2-30-23-11-7-6-10-22(23)26-25(29)24(21-8-4-3-5-9-21)28-15-13-27(14-16-28)18-20-12-17-31-19-20/h3-12,17,19,24H,2,13-16,18H2,1H3,(H,26,29). The first-order chi connectivity index (χ1) is 15.2. The Hall–Kier alpha value is -2.67. The highest BCUT2D eigenvalue weighted by molar-refractivity contribution is 7.07. The van der Waals surface area contributed by atoms with Crippen molar-refractivity contribution in [2.45, 2.75) is 19.5 Å². The quantitative estimate of drug-likeness (QED) is 0.560. The summed E-state index contributed by atoms with van der Waals surface area (Å²) >= 11 is 1.74. The molecule has 0 saturated carbocycles. The van der Waals surface area contributed by atoms with Crippen molar-refractivity contribution in [3.63, 3.8) is 0 Å². The molecule has 3 aromatic rings. The Morgan fingerprint density at radius 1 is 1.03 bits per heavy atom. The molecule has 162 valence electrons. The maximum absolute atomic E-state index is 13.5. The van der Waals surface area contributed by atoms with Crippen LogP contribution in [0.5, 0.6) is 5.75 Å². The van der Waals surface area contributed by atoms with Crippen molar-refractivity contribution in [3.05, 3.63) is 82.6 Å². The van der Waals surface area contributed by atoms with Crippen molar-refractivity contribution in [1.82, 2.24) is 9.80 Å². The Bertz CT molecular complexity index is 954. The number of nitrogens with one attached hydrogen (secondary N) is 1. The number of carbonyl (C=O) groups excluding carboxylic acids is 1. The van der Waals surface area contributed by atoms with Crippen LogP contribution in [0.15, 0.2) is 71.4 Å². The summed E-state index contributed by atoms with van der Waals surface area (Å²) in [7, 11) is 0. The fourth-order valence-electron chi connectivity index (χ4n) is 4.04. The minimum Gasteiger partial charge on any atom is -0.492 e. The molecule has 1 amide bonds. The second-order valence-electron chi connectivity index (χ2n) is 7.68. The van der Waals surface area contributed by atoms with E-state index in [2.05, 4.69) is 31.9 Å². The van der Waals surface area contributed by atoms with Crippen molar-refractivity contribution in [2.75, 3.05) is 38.1 Å². The van der Waals surface area contributed by atoms with Crippen molar-refractivity contribution in [1.29, 1.82) is 0 Å². The predicted octanol–water partition coefficient (Wildman–Crippen LogP) is 4.64. The predicted molar refractivity (Wildman–Crippen MR) is 127 cm³/mol. The average Bonchev–Trinajstić information content (AvgIpc) is 3.30. The molecule has 6 heteroatoms. The number of para-hydroxylation sites is 2. The molecule has 2 heterocycles. The van der Waals surface area contributed by atoms with E-state index in [1.165, 1.54) is 5.56 Å². The Balaban J connectivity index is 1.48. The highest BCUT2D eigenvalue weighted by Crippen LogP contribution is 2.28. The topological polar surface area (TPSA) is 44.8 Å². The molecule has 1 unspecified atom stereocenters. The number of carbonyl (C=O) groups is 1. The molecule has 1 atom stereocenters. The molecule has 1 saturated heterocycles. The molecule has 1 aliphatic rings. The molecule has 0 bridgehead atoms. The molecule has 0 aliphatic carbocycles. The molecule has 1 aromatic heterocycles. The number of ether oxygens (including phenoxy) is 1. The number of rotatable bonds is 8. The maximum Gasteiger partial charge on any atom is 0.246 e. The van der Waals surface area contributed by atoms with Gasteiger partial charge in [0.05, 0.1) is 12.3 Å². The zero-order valence-electron chi connectivity index (χ0n) is 17.9. The summed E-state index contributed by atoms with van der Waals surface area (Å²) in [6, 6.07) is 19.5. The maximum atomic E-state index is 13.5. The zero-order chi connectivity index (χ0) is 21.5. The first kappa shape index (κ1) is 21.6. The third kappa shape index (κ3) is 5.53. The van der Waals surface area contributed by atoms with Gasteiger partial charge >= 0.3 is 0 Å². The smallest absolute Gasteiger partial charge is 0.246 e. The highest BCUT2D eigenvalue weighted by atomic mass is 32.1. The number of anilines is 1. The van der Waals surface area contributed by atoms with E-state index < -0.39 is 0 Å². The summed E-state index contributed by atoms with van der Waals surface area (Å²) in [4.78, 5) is 18.2. The van der Waals surface area contributed by atoms with Gasteiger partial charge in [0.2, 0.25) is 5.91 Å². The van der Waals surface area contributed by atoms with Gasteiger partial charge in [0.25, 0.3) is 0 Å². The van der Waals surface area contributed by atoms with Crippen LogP contribution in [-0.2, 0) is 11.3 Å². The van der Waals surface area contributed by atoms with Crippen molar-refractivity contribution in [2.24, 2.45) is 0 Å². The summed E-state index contributed by atoms with van der Waals surface area (Å²) in [6.07, 6.45) is 0. The van der Waals surface area contributed by atoms with Gasteiger partial charge in [0.15, 0.2) is 0 Å². The largest absolute Gasteiger partial charge is 0.492 e. The van der Waals surface area contributed by atoms with E-state index in [0.29, 0.717) is 18.0 Å². The Morgan fingerprint density at radius 2 is 1.77 bits per heavy atom. The van der Waals surface area contributed by atoms with E-state index in [-0.39, 0.29) is 11.9 Å². The summed E-state index contributed by atoms with van der Waals surface area (Å²) in [6.45, 7) is 7.07. The Kier molecular flexibility index (Phi) is 7.35. The van der Waals surface area contributed by atoms with E-state index >= 15 is 0 Å². The lowest BCUT2D eigenvalue weighted by Gasteiger charge is -2.38. The van der Waals surface area contributed by atoms with Crippen LogP contribution in [0, 0.1) is 0 Å². The number of nitrogens with zero attached hydrogens (tertiary/aromatic N) is 2. The van der Waals surface area contributed by atoms with E-state index in [1.54, 1.807) is 11.3 Å². The van der Waals surface area contributed by atoms with E-state index in [9.17, 15) is 4.79 Å². The van der Waals surface area contributed by atoms with Crippen LogP contribution in [0.3, 0.4) is 0 Å². The summed E-state index contributed by atoms with van der Waals surface area (Å²) in [5.41, 5.74) is 3.09. The minimum absolute atomic E-state index is 0.0235. The lowest BCUT2D eigenvalue weighted by molar-refractivity contribution is -0.122. The molecule has 1 aliphatic heterocycles. The van der Waals surface area contributed by atoms with Gasteiger partial charge in [-0.2, -0.15) is 11.3 Å². The van der Waals surface area contributed by atoms with Crippen LogP contribution in [0.25, 0.3) is 0 Å². The van der Waals surface area contributed by atoms with E-state index in [4.69, 9.17) is 4.74 Å². The monoisotopic (exact) mass is 435 g/mol. The van der Waals surface area contributed by atoms with Gasteiger partial charge in [0, 0.05) is 32.7 Å². The number of amides is 1. The molecule has 0 radical (unpaired) electrons. The SMILES string of the molecule is CCOc1ccccc1NC(=O)C(c1ccccc1)N1CCN(Cc2ccsc2)CC1. The van der Waals surface area contributed by atoms with Crippen LogP contribution < -0.4 is 10.1 Å². The van der Waals surface area contributed by atoms with Gasteiger partial charge in [-0.1, -0.05) is 42.5 Å². The number of benzene rings is 2. The van der Waals surface area contributed by atoms with Crippen molar-refractivity contribution < 1.29 is 9.53 Å². The van der Waals surface area contributed by atoms with Gasteiger partial charge in [0.1, 0.15) is 11.8 Å². The molecular formula is C25H29N3O2S. The lowest BCUT2D eigenvalue weighted by atomic mass is 10.0. The van der Waals surface area contributed by atoms with Crippen LogP contribution in [0.4, 0.5) is 5.69 Å². The first-order valence-electron chi connectivity index (χ1n) is 10.8. The molecule has 5 nitrogen and oxygen atoms in total. The summed E-state index contributed by atoms with van der Waals surface area (Å²) in [5, 5.41) is 7.46. The Morgan fingerprint density at radius 3 is 2.48 bits per heavy atom. The number of piperazine rings is 1. The zero-order valence-corrected chi connectivity index (χ0v) is 18.7. The minimum atomic E-state index is -0.334. The number of hydrogen-bond acceptors (Lipinski definition) is 5. The molecule has 31 heavy (non-hydrogen) atoms. The Labute approximate surface area is 188 Å². The third-order valence-electron chi connectivity index (χ3n) is 5.57. The normalized spacial score (nSPS) is 16.0. The van der Waals surface area contributed by atoms with Crippen LogP contribution in [-0.4, -0.2) is 48.5 Å². The average molecular weight is 436 g/mol. The first-order valence-corrected chi connectivity index (χ1v) is 11.7. The second-order valence-corrected chi connectivity index (χ2v) is 8.46. The van der Waals surface area contributed by atoms with E-state index in [0.717, 1.165) is 38.3 Å². The van der Waals surface area contributed by atoms with Gasteiger partial charge < -0.3 is 10.1 Å². The van der Waals surface area contributed by atoms with Crippen molar-refractivity contribution >= 4 is 22.9 Å². The van der Waals surface area contributed by atoms with Crippen molar-refractivity contribution in [3.8, 4) is 5.75 Å². The van der Waals surface area contributed by atoms with Gasteiger partial charge in [-0.25, -0.2) is 0 Å². The van der Waals surface area contributed by atoms with Crippen LogP contribution in [0.1, 0.15) is 24.1 Å². The molecule has 1 N–H and O–H groups in total. The molecular weight excluding hydrogens is 406 g/mol. The number of hydrogen-bond donors (Lipinski definition) is 1. The van der Waals surface area contributed by atoms with Crippen LogP contribution >= 0.6 is 11.3 Å². The molecule has 0 spiro atoms. The lowest BCUT2D eigenvalue weighted by Crippen LogP contribution is -2.49. The summed E-state index contributed by atoms with van der Waals surface area (Å²) < 4.78 is 5.70. The van der Waals surface area contributed by atoms with E-state index in [1.807, 2.05) is 61.5 Å². The molecule has 2 aromatic carbocycles. The number of thiophene rings is 1. The fraction of sp³-hybridized carbons (Fsp3) is 0.320. The van der Waals surface area contributed by atoms with Crippen LogP contribution in [0.2, 0.25) is 0 Å². The fourth-order valence-corrected chi connectivity index (χ4v) is 4.70. The molecule has 4 rings (SSSR count). The van der Waals surface area contributed by atoms with Gasteiger partial charge in [-0.15, -0.1) is 0 Å². The summed E-state index contributed by atoms with van der Waals surface area (Å²) in [5.74, 6) is 0.676. The highest BCUT2D eigenvalue weighted by Gasteiger charge is 2.31.